The molecule has 0 saturated carbocycles. The van der Waals surface area contributed by atoms with Crippen molar-refractivity contribution in [2.45, 2.75) is 45.7 Å². The summed E-state index contributed by atoms with van der Waals surface area (Å²) in [6, 6.07) is 0.573. The SMILES string of the molecule is CCC(C)(C)NC(=O)C(C)n1cnc(Cl)cc1=O. The number of hydrogen-bond donors (Lipinski definition) is 1. The maximum Gasteiger partial charge on any atom is 0.255 e. The Morgan fingerprint density at radius 3 is 2.72 bits per heavy atom. The van der Waals surface area contributed by atoms with Gasteiger partial charge >= 0.3 is 0 Å². The van der Waals surface area contributed by atoms with Gasteiger partial charge in [0.1, 0.15) is 11.2 Å². The number of nitrogens with one attached hydrogen (secondary N) is 1. The molecule has 1 N–H and O–H groups in total. The summed E-state index contributed by atoms with van der Waals surface area (Å²) >= 11 is 5.61. The molecule has 0 radical (unpaired) electrons. The lowest BCUT2D eigenvalue weighted by atomic mass is 10.0. The highest BCUT2D eigenvalue weighted by atomic mass is 35.5. The van der Waals surface area contributed by atoms with Crippen LogP contribution in [0.25, 0.3) is 0 Å². The average Bonchev–Trinajstić information content (AvgIpc) is 2.27. The largest absolute Gasteiger partial charge is 0.349 e. The molecule has 5 nitrogen and oxygen atoms in total. The first kappa shape index (κ1) is 14.7. The summed E-state index contributed by atoms with van der Waals surface area (Å²) in [5, 5.41) is 3.01. The molecule has 1 unspecified atom stereocenters. The first-order valence-electron chi connectivity index (χ1n) is 5.82. The van der Waals surface area contributed by atoms with Crippen molar-refractivity contribution in [2.75, 3.05) is 0 Å². The second-order valence-electron chi connectivity index (χ2n) is 4.86. The van der Waals surface area contributed by atoms with Crippen LogP contribution in [0.3, 0.4) is 0 Å². The molecule has 0 aliphatic rings. The molecule has 0 aromatic carbocycles. The minimum Gasteiger partial charge on any atom is -0.349 e. The molecular formula is C12H18ClN3O2. The molecule has 0 aliphatic heterocycles. The summed E-state index contributed by atoms with van der Waals surface area (Å²) in [6.45, 7) is 7.50. The number of aromatic nitrogens is 2. The van der Waals surface area contributed by atoms with Crippen LogP contribution in [0, 0.1) is 0 Å². The summed E-state index contributed by atoms with van der Waals surface area (Å²) < 4.78 is 1.26. The topological polar surface area (TPSA) is 64.0 Å². The summed E-state index contributed by atoms with van der Waals surface area (Å²) in [6.07, 6.45) is 2.09. The van der Waals surface area contributed by atoms with Crippen molar-refractivity contribution in [1.82, 2.24) is 14.9 Å². The predicted octanol–water partition coefficient (Wildman–Crippen LogP) is 1.76. The average molecular weight is 272 g/mol. The molecule has 0 aliphatic carbocycles. The Morgan fingerprint density at radius 1 is 1.61 bits per heavy atom. The molecule has 18 heavy (non-hydrogen) atoms. The van der Waals surface area contributed by atoms with E-state index in [-0.39, 0.29) is 22.2 Å². The molecule has 1 atom stereocenters. The molecule has 0 fully saturated rings. The van der Waals surface area contributed by atoms with Gasteiger partial charge in [-0.2, -0.15) is 0 Å². The van der Waals surface area contributed by atoms with Gasteiger partial charge in [0.15, 0.2) is 0 Å². The molecule has 0 bridgehead atoms. The van der Waals surface area contributed by atoms with Gasteiger partial charge in [-0.3, -0.25) is 14.2 Å². The fourth-order valence-corrected chi connectivity index (χ4v) is 1.47. The maximum absolute atomic E-state index is 12.0. The number of carbonyl (C=O) groups is 1. The van der Waals surface area contributed by atoms with Crippen molar-refractivity contribution < 1.29 is 4.79 Å². The van der Waals surface area contributed by atoms with Crippen molar-refractivity contribution in [3.63, 3.8) is 0 Å². The van der Waals surface area contributed by atoms with Gasteiger partial charge in [0, 0.05) is 11.6 Å². The fraction of sp³-hybridized carbons (Fsp3) is 0.583. The van der Waals surface area contributed by atoms with E-state index < -0.39 is 6.04 Å². The van der Waals surface area contributed by atoms with E-state index in [1.165, 1.54) is 17.0 Å². The third kappa shape index (κ3) is 3.57. The molecule has 1 aromatic rings. The zero-order valence-electron chi connectivity index (χ0n) is 11.0. The monoisotopic (exact) mass is 271 g/mol. The standard InChI is InChI=1S/C12H18ClN3O2/c1-5-12(3,4)15-11(18)8(2)16-7-14-9(13)6-10(16)17/h6-8H,5H2,1-4H3,(H,15,18). The zero-order chi connectivity index (χ0) is 13.9. The maximum atomic E-state index is 12.0. The minimum atomic E-state index is -0.618. The number of halogens is 1. The Balaban J connectivity index is 2.90. The number of nitrogens with zero attached hydrogens (tertiary/aromatic N) is 2. The van der Waals surface area contributed by atoms with E-state index in [1.54, 1.807) is 6.92 Å². The van der Waals surface area contributed by atoms with E-state index in [0.29, 0.717) is 0 Å². The first-order valence-corrected chi connectivity index (χ1v) is 6.20. The lowest BCUT2D eigenvalue weighted by Gasteiger charge is -2.26. The van der Waals surface area contributed by atoms with Crippen LogP contribution in [0.1, 0.15) is 40.2 Å². The number of carbonyl (C=O) groups excluding carboxylic acids is 1. The highest BCUT2D eigenvalue weighted by Crippen LogP contribution is 2.10. The molecule has 1 rings (SSSR count). The van der Waals surface area contributed by atoms with Crippen LogP contribution in [-0.4, -0.2) is 21.0 Å². The van der Waals surface area contributed by atoms with Crippen molar-refractivity contribution in [2.24, 2.45) is 0 Å². The smallest absolute Gasteiger partial charge is 0.255 e. The van der Waals surface area contributed by atoms with Crippen LogP contribution in [-0.2, 0) is 4.79 Å². The summed E-state index contributed by atoms with van der Waals surface area (Å²) in [7, 11) is 0. The quantitative estimate of drug-likeness (QED) is 0.849. The van der Waals surface area contributed by atoms with Gasteiger partial charge in [-0.1, -0.05) is 18.5 Å². The van der Waals surface area contributed by atoms with E-state index in [0.717, 1.165) is 6.42 Å². The van der Waals surface area contributed by atoms with Gasteiger partial charge in [0.05, 0.1) is 6.33 Å². The minimum absolute atomic E-state index is 0.123. The Labute approximate surface area is 111 Å². The predicted molar refractivity (Wildman–Crippen MR) is 70.7 cm³/mol. The van der Waals surface area contributed by atoms with Gasteiger partial charge in [0.2, 0.25) is 5.91 Å². The van der Waals surface area contributed by atoms with Crippen molar-refractivity contribution in [1.29, 1.82) is 0 Å². The van der Waals surface area contributed by atoms with Gasteiger partial charge in [-0.15, -0.1) is 0 Å². The van der Waals surface area contributed by atoms with E-state index in [1.807, 2.05) is 20.8 Å². The number of amides is 1. The van der Waals surface area contributed by atoms with Crippen LogP contribution < -0.4 is 10.9 Å². The zero-order valence-corrected chi connectivity index (χ0v) is 11.8. The van der Waals surface area contributed by atoms with Gasteiger partial charge in [-0.05, 0) is 27.2 Å². The molecule has 1 heterocycles. The lowest BCUT2D eigenvalue weighted by molar-refractivity contribution is -0.125. The molecule has 1 aromatic heterocycles. The van der Waals surface area contributed by atoms with E-state index in [4.69, 9.17) is 11.6 Å². The normalized spacial score (nSPS) is 13.2. The third-order valence-corrected chi connectivity index (χ3v) is 3.15. The Hall–Kier alpha value is -1.36. The molecule has 6 heteroatoms. The Morgan fingerprint density at radius 2 is 2.22 bits per heavy atom. The number of rotatable bonds is 4. The van der Waals surface area contributed by atoms with Crippen LogP contribution in [0.15, 0.2) is 17.2 Å². The highest BCUT2D eigenvalue weighted by Gasteiger charge is 2.23. The van der Waals surface area contributed by atoms with Crippen LogP contribution in [0.4, 0.5) is 0 Å². The fourth-order valence-electron chi connectivity index (χ4n) is 1.33. The van der Waals surface area contributed by atoms with Crippen molar-refractivity contribution >= 4 is 17.5 Å². The van der Waals surface area contributed by atoms with Gasteiger partial charge in [0.25, 0.3) is 5.56 Å². The third-order valence-electron chi connectivity index (χ3n) is 2.94. The van der Waals surface area contributed by atoms with E-state index in [9.17, 15) is 9.59 Å². The Bertz CT molecular complexity index is 496. The van der Waals surface area contributed by atoms with Gasteiger partial charge < -0.3 is 5.32 Å². The van der Waals surface area contributed by atoms with Gasteiger partial charge in [-0.25, -0.2) is 4.98 Å². The van der Waals surface area contributed by atoms with Crippen LogP contribution >= 0.6 is 11.6 Å². The second kappa shape index (κ2) is 5.52. The van der Waals surface area contributed by atoms with E-state index in [2.05, 4.69) is 10.3 Å². The van der Waals surface area contributed by atoms with E-state index >= 15 is 0 Å². The lowest BCUT2D eigenvalue weighted by Crippen LogP contribution is -2.46. The van der Waals surface area contributed by atoms with Crippen molar-refractivity contribution in [3.8, 4) is 0 Å². The summed E-state index contributed by atoms with van der Waals surface area (Å²) in [5.41, 5.74) is -0.638. The number of hydrogen-bond acceptors (Lipinski definition) is 3. The summed E-state index contributed by atoms with van der Waals surface area (Å²) in [5.74, 6) is -0.215. The molecule has 100 valence electrons. The second-order valence-corrected chi connectivity index (χ2v) is 5.25. The summed E-state index contributed by atoms with van der Waals surface area (Å²) in [4.78, 5) is 27.5. The molecular weight excluding hydrogens is 254 g/mol. The first-order chi connectivity index (χ1) is 8.26. The van der Waals surface area contributed by atoms with Crippen molar-refractivity contribution in [3.05, 3.63) is 27.9 Å². The molecule has 0 saturated heterocycles. The highest BCUT2D eigenvalue weighted by molar-refractivity contribution is 6.29. The molecule has 0 spiro atoms. The van der Waals surface area contributed by atoms with Crippen LogP contribution in [0.5, 0.6) is 0 Å². The van der Waals surface area contributed by atoms with Crippen LogP contribution in [0.2, 0.25) is 5.15 Å². The Kier molecular flexibility index (Phi) is 4.51. The molecule has 1 amide bonds.